The van der Waals surface area contributed by atoms with Crippen molar-refractivity contribution in [3.8, 4) is 23.0 Å². The molecule has 6 aliphatic carbocycles. The van der Waals surface area contributed by atoms with Crippen LogP contribution in [0.25, 0.3) is 0 Å². The largest absolute Gasteiger partial charge is 0.504 e. The fourth-order valence-corrected chi connectivity index (χ4v) is 16.7. The minimum Gasteiger partial charge on any atom is -0.504 e. The van der Waals surface area contributed by atoms with Gasteiger partial charge in [0, 0.05) is 62.0 Å². The number of ether oxygens (including phenoxy) is 5. The number of ketones is 2. The second-order valence-electron chi connectivity index (χ2n) is 26.2. The van der Waals surface area contributed by atoms with Crippen molar-refractivity contribution < 1.29 is 68.4 Å². The fourth-order valence-electron chi connectivity index (χ4n) is 16.3. The molecule has 4 bridgehead atoms. The Morgan fingerprint density at radius 1 is 0.578 bits per heavy atom. The molecule has 4 saturated carbocycles. The molecule has 2 aromatic rings. The van der Waals surface area contributed by atoms with Gasteiger partial charge in [-0.2, -0.15) is 0 Å². The summed E-state index contributed by atoms with van der Waals surface area (Å²) in [5.41, 5.74) is -1.59. The van der Waals surface area contributed by atoms with Crippen LogP contribution in [-0.4, -0.2) is 131 Å². The van der Waals surface area contributed by atoms with Crippen LogP contribution in [0.2, 0.25) is 0 Å². The number of rotatable bonds is 28. The highest BCUT2D eigenvalue weighted by Gasteiger charge is 2.81. The van der Waals surface area contributed by atoms with E-state index < -0.39 is 33.6 Å². The molecule has 0 aromatic heterocycles. The zero-order chi connectivity index (χ0) is 58.6. The lowest BCUT2D eigenvalue weighted by molar-refractivity contribution is -0.267. The summed E-state index contributed by atoms with van der Waals surface area (Å²) in [6, 6.07) is 6.85. The molecule has 2 aromatic carbocycles. The molecule has 2 saturated heterocycles. The van der Waals surface area contributed by atoms with Crippen LogP contribution < -0.4 is 14.2 Å². The number of phenolic OH excluding ortho intramolecular Hbond substituents is 1. The summed E-state index contributed by atoms with van der Waals surface area (Å²) in [6.07, 6.45) is 31.1. The number of aliphatic hydroxyl groups is 4. The zero-order valence-corrected chi connectivity index (χ0v) is 51.8. The first-order valence-corrected chi connectivity index (χ1v) is 33.9. The third kappa shape index (κ3) is 11.7. The highest BCUT2D eigenvalue weighted by molar-refractivity contribution is 14.1. The van der Waals surface area contributed by atoms with Gasteiger partial charge < -0.3 is 49.2 Å². The summed E-state index contributed by atoms with van der Waals surface area (Å²) in [5.74, 6) is -3.22. The maximum Gasteiger partial charge on any atom is 0.308 e. The summed E-state index contributed by atoms with van der Waals surface area (Å²) < 4.78 is 28.5. The van der Waals surface area contributed by atoms with Crippen LogP contribution in [0.4, 0.5) is 0 Å². The predicted octanol–water partition coefficient (Wildman–Crippen LogP) is 10.6. The van der Waals surface area contributed by atoms with E-state index in [0.29, 0.717) is 97.0 Å². The molecule has 4 heterocycles. The molecule has 0 radical (unpaired) electrons. The van der Waals surface area contributed by atoms with Crippen LogP contribution in [0.15, 0.2) is 24.3 Å². The molecule has 0 amide bonds. The van der Waals surface area contributed by atoms with Crippen molar-refractivity contribution in [2.75, 3.05) is 37.6 Å². The van der Waals surface area contributed by atoms with Crippen LogP contribution in [0.5, 0.6) is 23.0 Å². The summed E-state index contributed by atoms with van der Waals surface area (Å²) in [6.45, 7) is 7.53. The predicted molar refractivity (Wildman–Crippen MR) is 321 cm³/mol. The Kier molecular flexibility index (Phi) is 19.9. The number of benzene rings is 2. The Bertz CT molecular complexity index is 2650. The van der Waals surface area contributed by atoms with E-state index in [9.17, 15) is 44.7 Å². The maximum atomic E-state index is 13.3. The molecule has 2 unspecified atom stereocenters. The van der Waals surface area contributed by atoms with E-state index in [1.165, 1.54) is 116 Å². The molecule has 8 atom stereocenters. The first-order valence-electron chi connectivity index (χ1n) is 32.4. The number of halogens is 1. The molecule has 17 heteroatoms. The van der Waals surface area contributed by atoms with E-state index in [1.54, 1.807) is 12.1 Å². The molecule has 10 aliphatic rings. The molecule has 6 fully saturated rings. The normalized spacial score (nSPS) is 31.1. The number of likely N-dealkylation sites (tertiary alicyclic amines) is 2. The monoisotopic (exact) mass is 1270 g/mol. The molecule has 12 rings (SSSR count). The number of unbranched alkanes of at least 4 members (excludes halogenated alkanes) is 16. The lowest BCUT2D eigenvalue weighted by atomic mass is 9.47. The molecular formula is C66H95IN2O14. The topological polar surface area (TPSA) is 222 Å². The van der Waals surface area contributed by atoms with Gasteiger partial charge in [-0.05, 0) is 148 Å². The van der Waals surface area contributed by atoms with Crippen molar-refractivity contribution in [1.29, 1.82) is 0 Å². The van der Waals surface area contributed by atoms with E-state index in [-0.39, 0.29) is 66.7 Å². The summed E-state index contributed by atoms with van der Waals surface area (Å²) in [4.78, 5) is 54.2. The maximum absolute atomic E-state index is 13.3. The third-order valence-electron chi connectivity index (χ3n) is 21.0. The van der Waals surface area contributed by atoms with Crippen molar-refractivity contribution in [3.63, 3.8) is 0 Å². The number of piperidine rings is 2. The first kappa shape index (κ1) is 62.5. The minimum absolute atomic E-state index is 0.0441. The molecule has 83 heavy (non-hydrogen) atoms. The third-order valence-corrected chi connectivity index (χ3v) is 21.3. The smallest absolute Gasteiger partial charge is 0.308 e. The van der Waals surface area contributed by atoms with E-state index in [4.69, 9.17) is 23.7 Å². The average Bonchev–Trinajstić information content (AvgIpc) is 1.60. The molecule has 460 valence electrons. The summed E-state index contributed by atoms with van der Waals surface area (Å²) in [7, 11) is 0. The molecule has 5 N–H and O–H groups in total. The van der Waals surface area contributed by atoms with Gasteiger partial charge in [-0.25, -0.2) is 0 Å². The molecule has 16 nitrogen and oxygen atoms in total. The van der Waals surface area contributed by atoms with Crippen LogP contribution in [0.1, 0.15) is 229 Å². The van der Waals surface area contributed by atoms with E-state index in [2.05, 4.69) is 23.6 Å². The van der Waals surface area contributed by atoms with Crippen LogP contribution in [0, 0.1) is 11.8 Å². The van der Waals surface area contributed by atoms with E-state index in [1.807, 2.05) is 34.7 Å². The number of carbonyl (C=O) groups is 4. The zero-order valence-electron chi connectivity index (χ0n) is 49.7. The Balaban J connectivity index is 0.000000156. The number of hydrogen-bond donors (Lipinski definition) is 5. The first-order chi connectivity index (χ1) is 40.1. The van der Waals surface area contributed by atoms with Gasteiger partial charge in [0.25, 0.3) is 11.6 Å². The van der Waals surface area contributed by atoms with Gasteiger partial charge in [0.15, 0.2) is 23.0 Å². The van der Waals surface area contributed by atoms with Crippen LogP contribution in [0.3, 0.4) is 0 Å². The number of phenols is 1. The second kappa shape index (κ2) is 26.4. The Labute approximate surface area is 505 Å². The van der Waals surface area contributed by atoms with Crippen molar-refractivity contribution in [3.05, 3.63) is 46.5 Å². The van der Waals surface area contributed by atoms with Gasteiger partial charge in [-0.1, -0.05) is 129 Å². The number of carbonyl (C=O) groups excluding carboxylic acids is 4. The number of esters is 2. The Morgan fingerprint density at radius 2 is 1.00 bits per heavy atom. The van der Waals surface area contributed by atoms with Gasteiger partial charge >= 0.3 is 11.9 Å². The molecule has 2 spiro atoms. The SMILES string of the molecule is CCCCCCCCCCCC(=O)OCI.CCCCCCCCCCCC(=O)OCOc1ccc2c3c1O[C@@]1(O)C(=O)CC[C@@]4(O)C(C2)N(CC2CC2)CC[C@]314.O=C1CC[C@@]2(O)C3Cc4ccc(O)c5c4[C@@]2(CCN3CC2CC2)[C@@]1(O)O5. The van der Waals surface area contributed by atoms with Crippen molar-refractivity contribution in [1.82, 2.24) is 9.80 Å². The van der Waals surface area contributed by atoms with E-state index >= 15 is 0 Å². The van der Waals surface area contributed by atoms with Gasteiger partial charge in [0.1, 0.15) is 15.4 Å². The number of nitrogens with zero attached hydrogens (tertiary/aromatic N) is 2. The molecular weight excluding hydrogens is 1170 g/mol. The summed E-state index contributed by atoms with van der Waals surface area (Å²) >= 11 is 2.05. The Morgan fingerprint density at radius 3 is 1.46 bits per heavy atom. The van der Waals surface area contributed by atoms with Gasteiger partial charge in [0.2, 0.25) is 18.4 Å². The van der Waals surface area contributed by atoms with E-state index in [0.717, 1.165) is 56.4 Å². The van der Waals surface area contributed by atoms with Crippen molar-refractivity contribution in [2.45, 2.75) is 265 Å². The molecule has 4 aliphatic heterocycles. The highest BCUT2D eigenvalue weighted by Crippen LogP contribution is 2.70. The van der Waals surface area contributed by atoms with Crippen LogP contribution in [-0.2, 0) is 52.3 Å². The van der Waals surface area contributed by atoms with Gasteiger partial charge in [-0.3, -0.25) is 29.0 Å². The van der Waals surface area contributed by atoms with Crippen molar-refractivity contribution in [2.24, 2.45) is 11.8 Å². The number of hydrogen-bond acceptors (Lipinski definition) is 16. The lowest BCUT2D eigenvalue weighted by Gasteiger charge is -2.64. The van der Waals surface area contributed by atoms with Gasteiger partial charge in [-0.15, -0.1) is 0 Å². The standard InChI is InChI=1S/C33H47NO7.C20H23NO5.C13H25IO2/c1-2-3-4-5-6-7-8-9-10-11-28(36)40-22-39-25-15-14-24-20-26-32(37)17-16-27(35)33(38)31(32,29(24)30(25)41-33)18-19-34(26)21-23-12-13-23;22-13-4-3-12-9-14-19(24)6-5-15(23)20(25)18(19,16(12)17(13)26-20)7-8-21(14)10-11-1-2-11;1-2-3-4-5-6-7-8-9-10-11-13(15)16-12-14/h14-15,23,26,37-38H,2-13,16-22H2,1H3;3-4,11,14,22,24-25H,1-2,5-10H2;2-12H2,1H3/t26?,31-,32-,33+;14?,18-,19-,20+;/m11./s1. The number of alkyl halides is 1. The fraction of sp³-hybridized carbons (Fsp3) is 0.758. The Hall–Kier alpha value is -3.59. The van der Waals surface area contributed by atoms with Crippen molar-refractivity contribution >= 4 is 46.1 Å². The number of aromatic hydroxyl groups is 1. The van der Waals surface area contributed by atoms with Gasteiger partial charge in [0.05, 0.1) is 11.2 Å². The average molecular weight is 1270 g/mol. The lowest BCUT2D eigenvalue weighted by Crippen LogP contribution is -2.80. The van der Waals surface area contributed by atoms with Crippen LogP contribution >= 0.6 is 22.6 Å². The minimum atomic E-state index is -2.13. The second-order valence-corrected chi connectivity index (χ2v) is 26.9. The highest BCUT2D eigenvalue weighted by atomic mass is 127. The summed E-state index contributed by atoms with van der Waals surface area (Å²) in [5, 5.41) is 58.1. The number of Topliss-reactive ketones (excluding diaryl/α,β-unsaturated/α-hetero) is 2. The quantitative estimate of drug-likeness (QED) is 0.0176.